The van der Waals surface area contributed by atoms with Crippen LogP contribution in [0.4, 0.5) is 13.2 Å². The zero-order chi connectivity index (χ0) is 15.3. The van der Waals surface area contributed by atoms with Crippen molar-refractivity contribution in [3.8, 4) is 0 Å². The molecule has 0 bridgehead atoms. The van der Waals surface area contributed by atoms with Gasteiger partial charge in [-0.05, 0) is 25.2 Å². The zero-order valence-corrected chi connectivity index (χ0v) is 12.8. The molecule has 1 aromatic heterocycles. The van der Waals surface area contributed by atoms with Crippen molar-refractivity contribution in [1.29, 1.82) is 0 Å². The van der Waals surface area contributed by atoms with Crippen LogP contribution in [0.5, 0.6) is 0 Å². The second kappa shape index (κ2) is 7.20. The van der Waals surface area contributed by atoms with Gasteiger partial charge >= 0.3 is 6.18 Å². The minimum atomic E-state index is -4.50. The zero-order valence-electron chi connectivity index (χ0n) is 12.0. The lowest BCUT2D eigenvalue weighted by molar-refractivity contribution is -0.143. The van der Waals surface area contributed by atoms with Crippen LogP contribution < -0.4 is 0 Å². The molecule has 1 aromatic rings. The van der Waals surface area contributed by atoms with Crippen LogP contribution in [0.2, 0.25) is 0 Å². The van der Waals surface area contributed by atoms with Gasteiger partial charge in [-0.1, -0.05) is 38.5 Å². The van der Waals surface area contributed by atoms with Gasteiger partial charge in [0.25, 0.3) is 0 Å². The highest BCUT2D eigenvalue weighted by Gasteiger charge is 2.39. The number of alkyl halides is 3. The number of aryl methyl sites for hydroxylation is 1. The molecule has 1 rings (SSSR count). The van der Waals surface area contributed by atoms with Gasteiger partial charge in [0.1, 0.15) is 5.69 Å². The maximum Gasteiger partial charge on any atom is 0.432 e. The first-order valence-corrected chi connectivity index (χ1v) is 7.75. The molecular weight excluding hydrogens is 287 g/mol. The number of carbonyl (C=O) groups excluding carboxylic acids is 1. The summed E-state index contributed by atoms with van der Waals surface area (Å²) in [5.74, 6) is 0.468. The van der Waals surface area contributed by atoms with E-state index in [1.54, 1.807) is 13.8 Å². The van der Waals surface area contributed by atoms with E-state index in [2.05, 4.69) is 0 Å². The molecule has 0 N–H and O–H groups in total. The molecule has 0 radical (unpaired) electrons. The summed E-state index contributed by atoms with van der Waals surface area (Å²) in [6.07, 6.45) is -2.00. The normalized spacial score (nSPS) is 11.9. The topological polar surface area (TPSA) is 22.0 Å². The van der Waals surface area contributed by atoms with Crippen molar-refractivity contribution in [2.75, 3.05) is 5.75 Å². The number of carbonyl (C=O) groups is 1. The highest BCUT2D eigenvalue weighted by atomic mass is 32.2. The fraction of sp³-hybridized carbons (Fsp3) is 0.643. The van der Waals surface area contributed by atoms with Crippen molar-refractivity contribution >= 4 is 16.9 Å². The molecule has 20 heavy (non-hydrogen) atoms. The van der Waals surface area contributed by atoms with Crippen LogP contribution in [0.15, 0.2) is 6.07 Å². The number of hydrogen-bond acceptors (Lipinski definition) is 2. The van der Waals surface area contributed by atoms with Crippen molar-refractivity contribution in [2.45, 2.75) is 52.8 Å². The number of thioether (sulfide) groups is 1. The van der Waals surface area contributed by atoms with E-state index < -0.39 is 17.0 Å². The second-order valence-electron chi connectivity index (χ2n) is 4.62. The molecule has 6 heteroatoms. The maximum absolute atomic E-state index is 13.2. The summed E-state index contributed by atoms with van der Waals surface area (Å²) in [5.41, 5.74) is -0.510. The molecular formula is C14H20F3NOS. The van der Waals surface area contributed by atoms with Crippen LogP contribution in [0.3, 0.4) is 0 Å². The number of nitrogens with zero attached hydrogens (tertiary/aromatic N) is 1. The lowest BCUT2D eigenvalue weighted by atomic mass is 10.2. The van der Waals surface area contributed by atoms with E-state index >= 15 is 0 Å². The summed E-state index contributed by atoms with van der Waals surface area (Å²) in [4.78, 5) is 11.9. The fourth-order valence-electron chi connectivity index (χ4n) is 2.16. The number of unbranched alkanes of at least 4 members (excludes halogenated alkanes) is 2. The van der Waals surface area contributed by atoms with E-state index in [-0.39, 0.29) is 5.56 Å². The molecule has 0 aliphatic carbocycles. The lowest BCUT2D eigenvalue weighted by Crippen LogP contribution is -2.18. The highest BCUT2D eigenvalue weighted by Crippen LogP contribution is 2.36. The molecule has 0 spiro atoms. The second-order valence-corrected chi connectivity index (χ2v) is 5.86. The van der Waals surface area contributed by atoms with Gasteiger partial charge < -0.3 is 4.57 Å². The summed E-state index contributed by atoms with van der Waals surface area (Å²) < 4.78 is 41.0. The Bertz CT molecular complexity index is 466. The molecule has 1 heterocycles. The SMILES string of the molecule is CCCCCn1c(C)cc(C(=O)SCC)c1C(F)(F)F. The van der Waals surface area contributed by atoms with Crippen LogP contribution >= 0.6 is 11.8 Å². The molecule has 0 atom stereocenters. The van der Waals surface area contributed by atoms with E-state index in [0.29, 0.717) is 24.4 Å². The highest BCUT2D eigenvalue weighted by molar-refractivity contribution is 8.14. The van der Waals surface area contributed by atoms with Crippen LogP contribution in [0.1, 0.15) is 54.9 Å². The quantitative estimate of drug-likeness (QED) is 0.697. The lowest BCUT2D eigenvalue weighted by Gasteiger charge is -2.15. The molecule has 0 aliphatic heterocycles. The Balaban J connectivity index is 3.19. The number of rotatable bonds is 6. The van der Waals surface area contributed by atoms with E-state index in [0.717, 1.165) is 24.6 Å². The van der Waals surface area contributed by atoms with Gasteiger partial charge in [-0.3, -0.25) is 4.79 Å². The monoisotopic (exact) mass is 307 g/mol. The summed E-state index contributed by atoms with van der Waals surface area (Å²) in [5, 5.41) is -0.503. The molecule has 114 valence electrons. The van der Waals surface area contributed by atoms with Gasteiger partial charge in [0.05, 0.1) is 5.56 Å². The Kier molecular flexibility index (Phi) is 6.17. The van der Waals surface area contributed by atoms with Crippen molar-refractivity contribution < 1.29 is 18.0 Å². The van der Waals surface area contributed by atoms with Crippen LogP contribution in [0, 0.1) is 6.92 Å². The van der Waals surface area contributed by atoms with Crippen LogP contribution in [-0.2, 0) is 12.7 Å². The van der Waals surface area contributed by atoms with Crippen molar-refractivity contribution in [3.63, 3.8) is 0 Å². The molecule has 0 aliphatic rings. The first kappa shape index (κ1) is 17.1. The Morgan fingerprint density at radius 1 is 1.30 bits per heavy atom. The van der Waals surface area contributed by atoms with Gasteiger partial charge in [-0.15, -0.1) is 0 Å². The predicted octanol–water partition coefficient (Wildman–Crippen LogP) is 4.90. The Morgan fingerprint density at radius 3 is 2.45 bits per heavy atom. The Hall–Kier alpha value is -0.910. The van der Waals surface area contributed by atoms with Gasteiger partial charge in [0.15, 0.2) is 0 Å². The Labute approximate surface area is 121 Å². The third kappa shape index (κ3) is 4.04. The third-order valence-electron chi connectivity index (χ3n) is 3.05. The molecule has 0 aromatic carbocycles. The molecule has 0 unspecified atom stereocenters. The van der Waals surface area contributed by atoms with E-state index in [1.165, 1.54) is 10.6 Å². The first-order valence-electron chi connectivity index (χ1n) is 6.77. The largest absolute Gasteiger partial charge is 0.432 e. The average molecular weight is 307 g/mol. The van der Waals surface area contributed by atoms with Gasteiger partial charge in [-0.2, -0.15) is 13.2 Å². The van der Waals surface area contributed by atoms with Crippen molar-refractivity contribution in [1.82, 2.24) is 4.57 Å². The predicted molar refractivity (Wildman–Crippen MR) is 76.2 cm³/mol. The summed E-state index contributed by atoms with van der Waals surface area (Å²) in [6.45, 7) is 5.67. The smallest absolute Gasteiger partial charge is 0.341 e. The minimum absolute atomic E-state index is 0.210. The summed E-state index contributed by atoms with van der Waals surface area (Å²) in [6, 6.07) is 1.36. The van der Waals surface area contributed by atoms with Gasteiger partial charge in [0, 0.05) is 12.2 Å². The molecule has 0 saturated carbocycles. The molecule has 0 fully saturated rings. The van der Waals surface area contributed by atoms with E-state index in [9.17, 15) is 18.0 Å². The first-order chi connectivity index (χ1) is 9.32. The number of aromatic nitrogens is 1. The maximum atomic E-state index is 13.2. The van der Waals surface area contributed by atoms with Crippen LogP contribution in [-0.4, -0.2) is 15.4 Å². The fourth-order valence-corrected chi connectivity index (χ4v) is 2.73. The Morgan fingerprint density at radius 2 is 1.95 bits per heavy atom. The van der Waals surface area contributed by atoms with Crippen molar-refractivity contribution in [3.05, 3.63) is 23.0 Å². The van der Waals surface area contributed by atoms with Crippen LogP contribution in [0.25, 0.3) is 0 Å². The van der Waals surface area contributed by atoms with Gasteiger partial charge in [-0.25, -0.2) is 0 Å². The third-order valence-corrected chi connectivity index (χ3v) is 3.82. The molecule has 0 saturated heterocycles. The van der Waals surface area contributed by atoms with E-state index in [1.807, 2.05) is 6.92 Å². The summed E-state index contributed by atoms with van der Waals surface area (Å²) in [7, 11) is 0. The number of halogens is 3. The average Bonchev–Trinajstić information content (AvgIpc) is 2.67. The minimum Gasteiger partial charge on any atom is -0.341 e. The van der Waals surface area contributed by atoms with E-state index in [4.69, 9.17) is 0 Å². The van der Waals surface area contributed by atoms with Gasteiger partial charge in [0.2, 0.25) is 5.12 Å². The molecule has 0 amide bonds. The standard InChI is InChI=1S/C14H20F3NOS/c1-4-6-7-8-18-10(3)9-11(13(19)20-5-2)12(18)14(15,16)17/h9H,4-8H2,1-3H3. The molecule has 2 nitrogen and oxygen atoms in total. The number of hydrogen-bond donors (Lipinski definition) is 0. The van der Waals surface area contributed by atoms with Crippen molar-refractivity contribution in [2.24, 2.45) is 0 Å². The summed E-state index contributed by atoms with van der Waals surface area (Å²) >= 11 is 0.913.